The van der Waals surface area contributed by atoms with Gasteiger partial charge in [-0.1, -0.05) is 0 Å². The third kappa shape index (κ3) is 2.64. The maximum atomic E-state index is 12.5. The van der Waals surface area contributed by atoms with E-state index in [0.717, 1.165) is 23.9 Å². The fraction of sp³-hybridized carbons (Fsp3) is 0.529. The Hall–Kier alpha value is -2.44. The van der Waals surface area contributed by atoms with Crippen molar-refractivity contribution in [2.24, 2.45) is 5.92 Å². The van der Waals surface area contributed by atoms with Gasteiger partial charge in [-0.05, 0) is 32.8 Å². The quantitative estimate of drug-likeness (QED) is 0.931. The SMILES string of the molecule is CC(C)n1ncc2cc(NC(=O)C3CC(=O)N(C4CC4)C3)cnc21. The zero-order valence-electron chi connectivity index (χ0n) is 13.9. The number of rotatable bonds is 4. The minimum atomic E-state index is -0.271. The van der Waals surface area contributed by atoms with Gasteiger partial charge in [0.15, 0.2) is 5.65 Å². The molecule has 4 rings (SSSR count). The molecule has 7 heteroatoms. The summed E-state index contributed by atoms with van der Waals surface area (Å²) in [6.45, 7) is 4.63. The number of hydrogen-bond acceptors (Lipinski definition) is 4. The van der Waals surface area contributed by atoms with Crippen LogP contribution in [0.2, 0.25) is 0 Å². The molecule has 1 aliphatic heterocycles. The molecule has 1 N–H and O–H groups in total. The van der Waals surface area contributed by atoms with Crippen LogP contribution in [0.4, 0.5) is 5.69 Å². The summed E-state index contributed by atoms with van der Waals surface area (Å²) in [6, 6.07) is 2.48. The van der Waals surface area contributed by atoms with E-state index in [1.807, 2.05) is 29.5 Å². The van der Waals surface area contributed by atoms with Crippen molar-refractivity contribution in [2.75, 3.05) is 11.9 Å². The van der Waals surface area contributed by atoms with E-state index >= 15 is 0 Å². The molecule has 2 aromatic heterocycles. The van der Waals surface area contributed by atoms with Crippen LogP contribution >= 0.6 is 0 Å². The van der Waals surface area contributed by atoms with Gasteiger partial charge in [0.05, 0.1) is 24.0 Å². The Kier molecular flexibility index (Phi) is 3.51. The Bertz CT molecular complexity index is 808. The number of carbonyl (C=O) groups is 2. The topological polar surface area (TPSA) is 80.1 Å². The second-order valence-electron chi connectivity index (χ2n) is 6.99. The Morgan fingerprint density at radius 1 is 1.33 bits per heavy atom. The van der Waals surface area contributed by atoms with Gasteiger partial charge in [-0.25, -0.2) is 9.67 Å². The van der Waals surface area contributed by atoms with Crippen molar-refractivity contribution in [1.82, 2.24) is 19.7 Å². The third-order valence-electron chi connectivity index (χ3n) is 4.71. The number of pyridine rings is 1. The van der Waals surface area contributed by atoms with Crippen LogP contribution in [0.5, 0.6) is 0 Å². The predicted molar refractivity (Wildman–Crippen MR) is 89.4 cm³/mol. The number of carbonyl (C=O) groups excluding carboxylic acids is 2. The van der Waals surface area contributed by atoms with Crippen LogP contribution < -0.4 is 5.32 Å². The molecule has 1 aliphatic carbocycles. The number of aromatic nitrogens is 3. The summed E-state index contributed by atoms with van der Waals surface area (Å²) in [6.07, 6.45) is 5.85. The fourth-order valence-electron chi connectivity index (χ4n) is 3.28. The first-order chi connectivity index (χ1) is 11.5. The van der Waals surface area contributed by atoms with E-state index in [9.17, 15) is 9.59 Å². The molecule has 24 heavy (non-hydrogen) atoms. The second-order valence-corrected chi connectivity index (χ2v) is 6.99. The number of anilines is 1. The van der Waals surface area contributed by atoms with E-state index in [-0.39, 0.29) is 23.8 Å². The number of fused-ring (bicyclic) bond motifs is 1. The Morgan fingerprint density at radius 2 is 2.12 bits per heavy atom. The van der Waals surface area contributed by atoms with Crippen molar-refractivity contribution < 1.29 is 9.59 Å². The van der Waals surface area contributed by atoms with E-state index in [1.54, 1.807) is 12.4 Å². The molecule has 1 saturated heterocycles. The normalized spacial score (nSPS) is 21.0. The molecule has 1 atom stereocenters. The summed E-state index contributed by atoms with van der Waals surface area (Å²) in [5.41, 5.74) is 1.45. The molecule has 2 fully saturated rings. The third-order valence-corrected chi connectivity index (χ3v) is 4.71. The summed E-state index contributed by atoms with van der Waals surface area (Å²) in [7, 11) is 0. The van der Waals surface area contributed by atoms with Crippen LogP contribution in [-0.2, 0) is 9.59 Å². The lowest BCUT2D eigenvalue weighted by atomic mass is 10.1. The highest BCUT2D eigenvalue weighted by Gasteiger charge is 2.41. The Labute approximate surface area is 140 Å². The van der Waals surface area contributed by atoms with Gasteiger partial charge < -0.3 is 10.2 Å². The molecule has 2 aliphatic rings. The minimum Gasteiger partial charge on any atom is -0.339 e. The zero-order valence-corrected chi connectivity index (χ0v) is 13.9. The van der Waals surface area contributed by atoms with E-state index in [4.69, 9.17) is 0 Å². The smallest absolute Gasteiger partial charge is 0.229 e. The summed E-state index contributed by atoms with van der Waals surface area (Å²) in [4.78, 5) is 30.7. The zero-order chi connectivity index (χ0) is 16.8. The molecule has 0 radical (unpaired) electrons. The number of likely N-dealkylation sites (tertiary alicyclic amines) is 1. The maximum Gasteiger partial charge on any atom is 0.229 e. The van der Waals surface area contributed by atoms with Crippen LogP contribution in [0.15, 0.2) is 18.5 Å². The van der Waals surface area contributed by atoms with Crippen molar-refractivity contribution >= 4 is 28.5 Å². The first-order valence-corrected chi connectivity index (χ1v) is 8.46. The molecular weight excluding hydrogens is 306 g/mol. The van der Waals surface area contributed by atoms with Crippen molar-refractivity contribution in [3.8, 4) is 0 Å². The monoisotopic (exact) mass is 327 g/mol. The molecular formula is C17H21N5O2. The van der Waals surface area contributed by atoms with Gasteiger partial charge in [0, 0.05) is 30.4 Å². The van der Waals surface area contributed by atoms with Crippen LogP contribution in [-0.4, -0.2) is 44.1 Å². The fourth-order valence-corrected chi connectivity index (χ4v) is 3.28. The van der Waals surface area contributed by atoms with Gasteiger partial charge in [0.2, 0.25) is 11.8 Å². The van der Waals surface area contributed by atoms with Crippen molar-refractivity contribution in [2.45, 2.75) is 45.2 Å². The lowest BCUT2D eigenvalue weighted by molar-refractivity contribution is -0.128. The standard InChI is InChI=1S/C17H21N5O2/c1-10(2)22-16-11(7-19-22)5-13(8-18-16)20-17(24)12-6-15(23)21(9-12)14-3-4-14/h5,7-8,10,12,14H,3-4,6,9H2,1-2H3,(H,20,24). The minimum absolute atomic E-state index is 0.101. The lowest BCUT2D eigenvalue weighted by Gasteiger charge is -2.15. The summed E-state index contributed by atoms with van der Waals surface area (Å²) < 4.78 is 1.85. The van der Waals surface area contributed by atoms with Crippen LogP contribution in [0.25, 0.3) is 11.0 Å². The number of nitrogens with zero attached hydrogens (tertiary/aromatic N) is 4. The molecule has 7 nitrogen and oxygen atoms in total. The number of hydrogen-bond donors (Lipinski definition) is 1. The van der Waals surface area contributed by atoms with Gasteiger partial charge >= 0.3 is 0 Å². The summed E-state index contributed by atoms with van der Waals surface area (Å²) in [5.74, 6) is -0.277. The maximum absolute atomic E-state index is 12.5. The largest absolute Gasteiger partial charge is 0.339 e. The highest BCUT2D eigenvalue weighted by atomic mass is 16.2. The van der Waals surface area contributed by atoms with E-state index in [1.165, 1.54) is 0 Å². The van der Waals surface area contributed by atoms with Crippen LogP contribution in [0, 0.1) is 5.92 Å². The van der Waals surface area contributed by atoms with Gasteiger partial charge in [0.25, 0.3) is 0 Å². The lowest BCUT2D eigenvalue weighted by Crippen LogP contribution is -2.29. The summed E-state index contributed by atoms with van der Waals surface area (Å²) in [5, 5.41) is 8.12. The molecule has 126 valence electrons. The first kappa shape index (κ1) is 15.1. The van der Waals surface area contributed by atoms with Gasteiger partial charge in [-0.15, -0.1) is 0 Å². The molecule has 0 spiro atoms. The molecule has 0 aromatic carbocycles. The highest BCUT2D eigenvalue weighted by Crippen LogP contribution is 2.33. The Balaban J connectivity index is 1.48. The average Bonchev–Trinajstić information content (AvgIpc) is 3.17. The highest BCUT2D eigenvalue weighted by molar-refractivity contribution is 5.98. The van der Waals surface area contributed by atoms with Gasteiger partial charge in [-0.3, -0.25) is 9.59 Å². The molecule has 0 bridgehead atoms. The molecule has 3 heterocycles. The van der Waals surface area contributed by atoms with E-state index in [2.05, 4.69) is 15.4 Å². The second kappa shape index (κ2) is 5.58. The van der Waals surface area contributed by atoms with Gasteiger partial charge in [-0.2, -0.15) is 5.10 Å². The first-order valence-electron chi connectivity index (χ1n) is 8.46. The van der Waals surface area contributed by atoms with E-state index in [0.29, 0.717) is 24.7 Å². The van der Waals surface area contributed by atoms with Crippen molar-refractivity contribution in [1.29, 1.82) is 0 Å². The Morgan fingerprint density at radius 3 is 2.83 bits per heavy atom. The van der Waals surface area contributed by atoms with Gasteiger partial charge in [0.1, 0.15) is 0 Å². The molecule has 1 saturated carbocycles. The molecule has 1 unspecified atom stereocenters. The van der Waals surface area contributed by atoms with Crippen molar-refractivity contribution in [3.05, 3.63) is 18.5 Å². The van der Waals surface area contributed by atoms with E-state index < -0.39 is 0 Å². The van der Waals surface area contributed by atoms with Crippen LogP contribution in [0.1, 0.15) is 39.2 Å². The molecule has 2 amide bonds. The van der Waals surface area contributed by atoms with Crippen LogP contribution in [0.3, 0.4) is 0 Å². The molecule has 2 aromatic rings. The van der Waals surface area contributed by atoms with Crippen molar-refractivity contribution in [3.63, 3.8) is 0 Å². The number of nitrogens with one attached hydrogen (secondary N) is 1. The number of amides is 2. The predicted octanol–water partition coefficient (Wildman–Crippen LogP) is 1.96. The summed E-state index contributed by atoms with van der Waals surface area (Å²) >= 11 is 0. The average molecular weight is 327 g/mol.